The summed E-state index contributed by atoms with van der Waals surface area (Å²) < 4.78 is 0. The van der Waals surface area contributed by atoms with Crippen LogP contribution in [0.2, 0.25) is 0 Å². The Morgan fingerprint density at radius 3 is 2.58 bits per heavy atom. The van der Waals surface area contributed by atoms with Gasteiger partial charge in [0.05, 0.1) is 0 Å². The molecule has 0 bridgehead atoms. The third-order valence-electron chi connectivity index (χ3n) is 3.23. The number of aryl methyl sites for hydroxylation is 2. The van der Waals surface area contributed by atoms with E-state index in [0.717, 1.165) is 23.2 Å². The van der Waals surface area contributed by atoms with E-state index in [-0.39, 0.29) is 0 Å². The van der Waals surface area contributed by atoms with E-state index >= 15 is 0 Å². The number of aliphatic carboxylic acids is 1. The van der Waals surface area contributed by atoms with Gasteiger partial charge in [-0.3, -0.25) is 0 Å². The Bertz CT molecular complexity index is 486. The summed E-state index contributed by atoms with van der Waals surface area (Å²) >= 11 is 0. The smallest absolute Gasteiger partial charge is 0.326 e. The van der Waals surface area contributed by atoms with Gasteiger partial charge in [-0.15, -0.1) is 0 Å². The van der Waals surface area contributed by atoms with Gasteiger partial charge in [0.2, 0.25) is 0 Å². The van der Waals surface area contributed by atoms with Gasteiger partial charge in [0.15, 0.2) is 0 Å². The van der Waals surface area contributed by atoms with Crippen LogP contribution in [0.3, 0.4) is 0 Å². The van der Waals surface area contributed by atoms with Crippen molar-refractivity contribution < 1.29 is 14.7 Å². The van der Waals surface area contributed by atoms with Gasteiger partial charge in [0.1, 0.15) is 6.04 Å². The summed E-state index contributed by atoms with van der Waals surface area (Å²) in [5.74, 6) is -1.03. The molecule has 1 unspecified atom stereocenters. The zero-order chi connectivity index (χ0) is 14.6. The molecule has 1 aromatic carbocycles. The van der Waals surface area contributed by atoms with Crippen LogP contribution >= 0.6 is 0 Å². The van der Waals surface area contributed by atoms with Crippen LogP contribution in [-0.2, 0) is 11.2 Å². The zero-order valence-electron chi connectivity index (χ0n) is 11.7. The van der Waals surface area contributed by atoms with Crippen molar-refractivity contribution in [3.8, 4) is 0 Å². The van der Waals surface area contributed by atoms with Gasteiger partial charge >= 0.3 is 12.0 Å². The molecule has 104 valence electrons. The van der Waals surface area contributed by atoms with E-state index in [2.05, 4.69) is 5.32 Å². The minimum Gasteiger partial charge on any atom is -0.480 e. The number of amides is 2. The molecule has 0 heterocycles. The molecule has 5 nitrogen and oxygen atoms in total. The summed E-state index contributed by atoms with van der Waals surface area (Å²) in [5.41, 5.74) is 2.76. The molecular formula is C14H20N2O3. The third-order valence-corrected chi connectivity index (χ3v) is 3.23. The molecule has 0 aliphatic rings. The molecule has 2 amide bonds. The van der Waals surface area contributed by atoms with Gasteiger partial charge in [0, 0.05) is 12.7 Å². The Morgan fingerprint density at radius 1 is 1.42 bits per heavy atom. The van der Waals surface area contributed by atoms with Crippen LogP contribution in [0, 0.1) is 6.92 Å². The fraction of sp³-hybridized carbons (Fsp3) is 0.429. The Morgan fingerprint density at radius 2 is 2.05 bits per heavy atom. The van der Waals surface area contributed by atoms with Crippen molar-refractivity contribution in [2.45, 2.75) is 33.2 Å². The number of para-hydroxylation sites is 1. The second-order valence-electron chi connectivity index (χ2n) is 4.52. The zero-order valence-corrected chi connectivity index (χ0v) is 11.7. The SMILES string of the molecule is CCc1cccc(C)c1NC(=O)N(C)C(C)C(=O)O. The van der Waals surface area contributed by atoms with Crippen molar-refractivity contribution in [2.24, 2.45) is 0 Å². The van der Waals surface area contributed by atoms with Gasteiger partial charge in [-0.2, -0.15) is 0 Å². The first-order valence-electron chi connectivity index (χ1n) is 6.23. The number of anilines is 1. The first-order valence-corrected chi connectivity index (χ1v) is 6.23. The van der Waals surface area contributed by atoms with E-state index in [1.807, 2.05) is 32.0 Å². The molecule has 0 saturated heterocycles. The summed E-state index contributed by atoms with van der Waals surface area (Å²) in [7, 11) is 1.47. The van der Waals surface area contributed by atoms with E-state index in [9.17, 15) is 9.59 Å². The molecule has 1 atom stereocenters. The topological polar surface area (TPSA) is 69.6 Å². The van der Waals surface area contributed by atoms with Crippen LogP contribution in [0.5, 0.6) is 0 Å². The lowest BCUT2D eigenvalue weighted by Crippen LogP contribution is -2.42. The predicted molar refractivity (Wildman–Crippen MR) is 74.4 cm³/mol. The number of likely N-dealkylation sites (N-methyl/N-ethyl adjacent to an activating group) is 1. The van der Waals surface area contributed by atoms with Crippen molar-refractivity contribution in [3.63, 3.8) is 0 Å². The number of hydrogen-bond donors (Lipinski definition) is 2. The van der Waals surface area contributed by atoms with Gasteiger partial charge in [-0.1, -0.05) is 25.1 Å². The maximum absolute atomic E-state index is 12.0. The monoisotopic (exact) mass is 264 g/mol. The lowest BCUT2D eigenvalue weighted by atomic mass is 10.1. The molecule has 0 radical (unpaired) electrons. The standard InChI is InChI=1S/C14H20N2O3/c1-5-11-8-6-7-9(2)12(11)15-14(19)16(4)10(3)13(17)18/h6-8,10H,5H2,1-4H3,(H,15,19)(H,17,18). The Kier molecular flexibility index (Phi) is 4.92. The molecule has 1 aromatic rings. The summed E-state index contributed by atoms with van der Waals surface area (Å²) in [6, 6.07) is 4.51. The number of carboxylic acids is 1. The van der Waals surface area contributed by atoms with Gasteiger partial charge in [-0.25, -0.2) is 9.59 Å². The van der Waals surface area contributed by atoms with Crippen molar-refractivity contribution in [2.75, 3.05) is 12.4 Å². The molecule has 5 heteroatoms. The fourth-order valence-corrected chi connectivity index (χ4v) is 1.74. The normalized spacial score (nSPS) is 11.8. The van der Waals surface area contributed by atoms with E-state index < -0.39 is 18.0 Å². The van der Waals surface area contributed by atoms with E-state index in [4.69, 9.17) is 5.11 Å². The summed E-state index contributed by atoms with van der Waals surface area (Å²) in [6.45, 7) is 5.39. The Hall–Kier alpha value is -2.04. The summed E-state index contributed by atoms with van der Waals surface area (Å²) in [4.78, 5) is 24.1. The van der Waals surface area contributed by atoms with E-state index in [0.29, 0.717) is 0 Å². The van der Waals surface area contributed by atoms with Gasteiger partial charge < -0.3 is 15.3 Å². The molecule has 0 aliphatic heterocycles. The highest BCUT2D eigenvalue weighted by Crippen LogP contribution is 2.21. The Labute approximate surface area is 113 Å². The number of carbonyl (C=O) groups is 2. The number of benzene rings is 1. The van der Waals surface area contributed by atoms with Crippen molar-refractivity contribution in [3.05, 3.63) is 29.3 Å². The first-order chi connectivity index (χ1) is 8.88. The second kappa shape index (κ2) is 6.22. The minimum atomic E-state index is -1.03. The minimum absolute atomic E-state index is 0.418. The number of nitrogens with zero attached hydrogens (tertiary/aromatic N) is 1. The fourth-order valence-electron chi connectivity index (χ4n) is 1.74. The second-order valence-corrected chi connectivity index (χ2v) is 4.52. The highest BCUT2D eigenvalue weighted by atomic mass is 16.4. The number of carbonyl (C=O) groups excluding carboxylic acids is 1. The van der Waals surface area contributed by atoms with Crippen LogP contribution < -0.4 is 5.32 Å². The van der Waals surface area contributed by atoms with Crippen LogP contribution in [0.25, 0.3) is 0 Å². The quantitative estimate of drug-likeness (QED) is 0.877. The highest BCUT2D eigenvalue weighted by Gasteiger charge is 2.22. The van der Waals surface area contributed by atoms with E-state index in [1.165, 1.54) is 18.9 Å². The maximum atomic E-state index is 12.0. The van der Waals surface area contributed by atoms with Gasteiger partial charge in [-0.05, 0) is 31.4 Å². The van der Waals surface area contributed by atoms with Crippen molar-refractivity contribution >= 4 is 17.7 Å². The number of nitrogens with one attached hydrogen (secondary N) is 1. The largest absolute Gasteiger partial charge is 0.480 e. The summed E-state index contributed by atoms with van der Waals surface area (Å²) in [6.07, 6.45) is 0.801. The van der Waals surface area contributed by atoms with Crippen molar-refractivity contribution in [1.29, 1.82) is 0 Å². The Balaban J connectivity index is 2.91. The van der Waals surface area contributed by atoms with Crippen LogP contribution in [0.1, 0.15) is 25.0 Å². The number of hydrogen-bond acceptors (Lipinski definition) is 2. The molecule has 1 rings (SSSR count). The predicted octanol–water partition coefficient (Wildman–Crippen LogP) is 2.49. The lowest BCUT2D eigenvalue weighted by Gasteiger charge is -2.23. The molecule has 0 aliphatic carbocycles. The molecular weight excluding hydrogens is 244 g/mol. The summed E-state index contributed by atoms with van der Waals surface area (Å²) in [5, 5.41) is 11.7. The molecule has 0 aromatic heterocycles. The average Bonchev–Trinajstić information content (AvgIpc) is 2.38. The number of urea groups is 1. The molecule has 0 fully saturated rings. The highest BCUT2D eigenvalue weighted by molar-refractivity contribution is 5.93. The molecule has 2 N–H and O–H groups in total. The molecule has 0 spiro atoms. The molecule has 0 saturated carbocycles. The average molecular weight is 264 g/mol. The van der Waals surface area contributed by atoms with Crippen molar-refractivity contribution in [1.82, 2.24) is 4.90 Å². The van der Waals surface area contributed by atoms with E-state index in [1.54, 1.807) is 0 Å². The first kappa shape index (κ1) is 15.0. The van der Waals surface area contributed by atoms with Crippen LogP contribution in [0.4, 0.5) is 10.5 Å². The van der Waals surface area contributed by atoms with Crippen LogP contribution in [0.15, 0.2) is 18.2 Å². The maximum Gasteiger partial charge on any atom is 0.326 e. The molecule has 19 heavy (non-hydrogen) atoms. The number of rotatable bonds is 4. The third kappa shape index (κ3) is 3.47. The van der Waals surface area contributed by atoms with Gasteiger partial charge in [0.25, 0.3) is 0 Å². The number of carboxylic acid groups (broad SMARTS) is 1. The van der Waals surface area contributed by atoms with Crippen LogP contribution in [-0.4, -0.2) is 35.1 Å². The lowest BCUT2D eigenvalue weighted by molar-refractivity contribution is -0.141.